The number of piperidine rings is 1. The van der Waals surface area contributed by atoms with Gasteiger partial charge in [0.25, 0.3) is 0 Å². The molecule has 2 heteroatoms. The van der Waals surface area contributed by atoms with Crippen LogP contribution in [0.15, 0.2) is 0 Å². The summed E-state index contributed by atoms with van der Waals surface area (Å²) in [7, 11) is 0. The minimum Gasteiger partial charge on any atom is -0.339 e. The fraction of sp³-hybridized carbons (Fsp3) is 0.923. The molecular formula is C13H25NO. The maximum atomic E-state index is 12.2. The normalized spacial score (nSPS) is 22.9. The van der Waals surface area contributed by atoms with Gasteiger partial charge in [-0.3, -0.25) is 4.79 Å². The van der Waals surface area contributed by atoms with E-state index in [1.165, 1.54) is 32.1 Å². The Bertz CT molecular complexity index is 215. The van der Waals surface area contributed by atoms with Gasteiger partial charge in [-0.05, 0) is 25.7 Å². The zero-order chi connectivity index (χ0) is 11.5. The highest BCUT2D eigenvalue weighted by Gasteiger charge is 2.32. The van der Waals surface area contributed by atoms with Crippen molar-refractivity contribution in [1.82, 2.24) is 4.90 Å². The molecule has 0 aromatic carbocycles. The van der Waals surface area contributed by atoms with Crippen molar-refractivity contribution in [2.45, 2.75) is 65.8 Å². The second-order valence-electron chi connectivity index (χ2n) is 5.69. The first-order valence-electron chi connectivity index (χ1n) is 6.28. The number of likely N-dealkylation sites (tertiary alicyclic amines) is 1. The predicted molar refractivity (Wildman–Crippen MR) is 63.7 cm³/mol. The molecule has 0 saturated carbocycles. The summed E-state index contributed by atoms with van der Waals surface area (Å²) in [6.07, 6.45) is 6.02. The number of nitrogens with zero attached hydrogens (tertiary/aromatic N) is 1. The van der Waals surface area contributed by atoms with Gasteiger partial charge in [-0.25, -0.2) is 0 Å². The number of carbonyl (C=O) groups excluding carboxylic acids is 1. The summed E-state index contributed by atoms with van der Waals surface area (Å²) in [5, 5.41) is 0. The Balaban J connectivity index is 2.67. The Labute approximate surface area is 94.0 Å². The van der Waals surface area contributed by atoms with E-state index in [2.05, 4.69) is 11.8 Å². The summed E-state index contributed by atoms with van der Waals surface area (Å²) >= 11 is 0. The van der Waals surface area contributed by atoms with E-state index in [-0.39, 0.29) is 5.41 Å². The van der Waals surface area contributed by atoms with Crippen LogP contribution in [0.4, 0.5) is 0 Å². The summed E-state index contributed by atoms with van der Waals surface area (Å²) < 4.78 is 0. The molecule has 15 heavy (non-hydrogen) atoms. The van der Waals surface area contributed by atoms with Crippen molar-refractivity contribution in [1.29, 1.82) is 0 Å². The van der Waals surface area contributed by atoms with E-state index in [0.717, 1.165) is 6.54 Å². The van der Waals surface area contributed by atoms with Crippen molar-refractivity contribution in [3.8, 4) is 0 Å². The SMILES string of the molecule is CCCC1CCCCN1C(=O)C(C)(C)C. The molecule has 1 aliphatic heterocycles. The minimum atomic E-state index is -0.219. The number of rotatable bonds is 2. The Morgan fingerprint density at radius 1 is 1.33 bits per heavy atom. The molecule has 2 nitrogen and oxygen atoms in total. The zero-order valence-electron chi connectivity index (χ0n) is 10.7. The molecule has 0 radical (unpaired) electrons. The molecule has 1 amide bonds. The van der Waals surface area contributed by atoms with E-state index < -0.39 is 0 Å². The van der Waals surface area contributed by atoms with Crippen LogP contribution in [0.2, 0.25) is 0 Å². The zero-order valence-corrected chi connectivity index (χ0v) is 10.7. The van der Waals surface area contributed by atoms with Crippen molar-refractivity contribution in [2.24, 2.45) is 5.41 Å². The van der Waals surface area contributed by atoms with E-state index in [1.54, 1.807) is 0 Å². The van der Waals surface area contributed by atoms with Crippen LogP contribution in [0, 0.1) is 5.41 Å². The van der Waals surface area contributed by atoms with Crippen LogP contribution in [0.25, 0.3) is 0 Å². The summed E-state index contributed by atoms with van der Waals surface area (Å²) in [5.74, 6) is 0.334. The van der Waals surface area contributed by atoms with Crippen LogP contribution < -0.4 is 0 Å². The van der Waals surface area contributed by atoms with E-state index in [9.17, 15) is 4.79 Å². The molecule has 1 rings (SSSR count). The topological polar surface area (TPSA) is 20.3 Å². The Morgan fingerprint density at radius 2 is 2.00 bits per heavy atom. The molecule has 0 aromatic rings. The largest absolute Gasteiger partial charge is 0.339 e. The summed E-state index contributed by atoms with van der Waals surface area (Å²) in [5.41, 5.74) is -0.219. The van der Waals surface area contributed by atoms with Gasteiger partial charge in [-0.15, -0.1) is 0 Å². The average Bonchev–Trinajstić information content (AvgIpc) is 2.17. The first-order chi connectivity index (χ1) is 6.96. The standard InChI is InChI=1S/C13H25NO/c1-5-8-11-9-6-7-10-14(11)12(15)13(2,3)4/h11H,5-10H2,1-4H3. The first kappa shape index (κ1) is 12.5. The van der Waals surface area contributed by atoms with Gasteiger partial charge in [0.1, 0.15) is 0 Å². The molecule has 1 saturated heterocycles. The van der Waals surface area contributed by atoms with Crippen molar-refractivity contribution in [3.63, 3.8) is 0 Å². The molecule has 1 fully saturated rings. The third kappa shape index (κ3) is 3.22. The Kier molecular flexibility index (Phi) is 4.18. The highest BCUT2D eigenvalue weighted by molar-refractivity contribution is 5.81. The lowest BCUT2D eigenvalue weighted by atomic mass is 9.90. The van der Waals surface area contributed by atoms with Crippen LogP contribution in [0.5, 0.6) is 0 Å². The molecule has 1 heterocycles. The number of hydrogen-bond donors (Lipinski definition) is 0. The highest BCUT2D eigenvalue weighted by Crippen LogP contribution is 2.26. The lowest BCUT2D eigenvalue weighted by Crippen LogP contribution is -2.48. The molecule has 0 aliphatic carbocycles. The average molecular weight is 211 g/mol. The molecule has 0 spiro atoms. The predicted octanol–water partition coefficient (Wildman–Crippen LogP) is 3.21. The second-order valence-corrected chi connectivity index (χ2v) is 5.69. The van der Waals surface area contributed by atoms with E-state index in [4.69, 9.17) is 0 Å². The Morgan fingerprint density at radius 3 is 2.53 bits per heavy atom. The summed E-state index contributed by atoms with van der Waals surface area (Å²) in [6.45, 7) is 9.24. The maximum Gasteiger partial charge on any atom is 0.228 e. The van der Waals surface area contributed by atoms with Gasteiger partial charge in [0.2, 0.25) is 5.91 Å². The van der Waals surface area contributed by atoms with Crippen LogP contribution in [-0.2, 0) is 4.79 Å². The number of carbonyl (C=O) groups is 1. The van der Waals surface area contributed by atoms with Gasteiger partial charge in [0.15, 0.2) is 0 Å². The Hall–Kier alpha value is -0.530. The van der Waals surface area contributed by atoms with Crippen LogP contribution in [-0.4, -0.2) is 23.4 Å². The molecule has 1 unspecified atom stereocenters. The van der Waals surface area contributed by atoms with Crippen molar-refractivity contribution >= 4 is 5.91 Å². The fourth-order valence-electron chi connectivity index (χ4n) is 2.33. The number of hydrogen-bond acceptors (Lipinski definition) is 1. The maximum absolute atomic E-state index is 12.2. The van der Waals surface area contributed by atoms with Gasteiger partial charge in [0, 0.05) is 18.0 Å². The van der Waals surface area contributed by atoms with Crippen LogP contribution >= 0.6 is 0 Å². The van der Waals surface area contributed by atoms with Crippen molar-refractivity contribution in [2.75, 3.05) is 6.54 Å². The lowest BCUT2D eigenvalue weighted by molar-refractivity contribution is -0.143. The monoisotopic (exact) mass is 211 g/mol. The highest BCUT2D eigenvalue weighted by atomic mass is 16.2. The van der Waals surface area contributed by atoms with Gasteiger partial charge in [-0.2, -0.15) is 0 Å². The molecule has 0 aromatic heterocycles. The lowest BCUT2D eigenvalue weighted by Gasteiger charge is -2.39. The smallest absolute Gasteiger partial charge is 0.228 e. The van der Waals surface area contributed by atoms with Crippen LogP contribution in [0.3, 0.4) is 0 Å². The minimum absolute atomic E-state index is 0.219. The first-order valence-corrected chi connectivity index (χ1v) is 6.28. The molecule has 1 aliphatic rings. The molecule has 0 N–H and O–H groups in total. The van der Waals surface area contributed by atoms with E-state index in [1.807, 2.05) is 20.8 Å². The van der Waals surface area contributed by atoms with E-state index in [0.29, 0.717) is 11.9 Å². The van der Waals surface area contributed by atoms with Gasteiger partial charge in [0.05, 0.1) is 0 Å². The van der Waals surface area contributed by atoms with Crippen molar-refractivity contribution in [3.05, 3.63) is 0 Å². The van der Waals surface area contributed by atoms with Gasteiger partial charge in [-0.1, -0.05) is 34.1 Å². The van der Waals surface area contributed by atoms with Crippen LogP contribution in [0.1, 0.15) is 59.8 Å². The molecular weight excluding hydrogens is 186 g/mol. The molecule has 88 valence electrons. The third-order valence-electron chi connectivity index (χ3n) is 3.15. The van der Waals surface area contributed by atoms with Gasteiger partial charge < -0.3 is 4.90 Å². The summed E-state index contributed by atoms with van der Waals surface area (Å²) in [6, 6.07) is 0.510. The number of amides is 1. The molecule has 1 atom stereocenters. The fourth-order valence-corrected chi connectivity index (χ4v) is 2.33. The van der Waals surface area contributed by atoms with Crippen molar-refractivity contribution < 1.29 is 4.79 Å². The third-order valence-corrected chi connectivity index (χ3v) is 3.15. The second kappa shape index (κ2) is 5.00. The van der Waals surface area contributed by atoms with Gasteiger partial charge >= 0.3 is 0 Å². The summed E-state index contributed by atoms with van der Waals surface area (Å²) in [4.78, 5) is 14.4. The van der Waals surface area contributed by atoms with E-state index >= 15 is 0 Å². The quantitative estimate of drug-likeness (QED) is 0.687. The molecule has 0 bridgehead atoms.